The number of hydrogen-bond acceptors (Lipinski definition) is 6. The van der Waals surface area contributed by atoms with Gasteiger partial charge in [0.1, 0.15) is 11.4 Å². The Bertz CT molecular complexity index is 800. The second-order valence-electron chi connectivity index (χ2n) is 6.99. The second kappa shape index (κ2) is 6.78. The highest BCUT2D eigenvalue weighted by Gasteiger charge is 2.44. The molecule has 2 aliphatic rings. The fourth-order valence-electron chi connectivity index (χ4n) is 3.97. The maximum atomic E-state index is 12.7. The fourth-order valence-corrected chi connectivity index (χ4v) is 3.97. The molecule has 1 spiro atoms. The Morgan fingerprint density at radius 3 is 1.92 bits per heavy atom. The summed E-state index contributed by atoms with van der Waals surface area (Å²) in [6, 6.07) is 0. The number of carbonyl (C=O) groups excluding carboxylic acids is 2. The molecule has 1 atom stereocenters. The highest BCUT2D eigenvalue weighted by molar-refractivity contribution is 5.93. The van der Waals surface area contributed by atoms with E-state index in [1.807, 2.05) is 9.80 Å². The molecule has 2 aromatic rings. The molecular weight excluding hydrogens is 332 g/mol. The van der Waals surface area contributed by atoms with E-state index in [1.54, 1.807) is 12.4 Å². The molecule has 0 radical (unpaired) electrons. The van der Waals surface area contributed by atoms with Crippen molar-refractivity contribution in [2.75, 3.05) is 26.2 Å². The van der Waals surface area contributed by atoms with Gasteiger partial charge >= 0.3 is 0 Å². The third-order valence-corrected chi connectivity index (χ3v) is 5.24. The molecule has 0 aliphatic carbocycles. The third kappa shape index (κ3) is 3.14. The summed E-state index contributed by atoms with van der Waals surface area (Å²) in [5.74, 6) is -0.178. The number of rotatable bonds is 2. The molecule has 0 N–H and O–H groups in total. The summed E-state index contributed by atoms with van der Waals surface area (Å²) in [6.45, 7) is 2.69. The van der Waals surface area contributed by atoms with Crippen molar-refractivity contribution < 1.29 is 9.59 Å². The minimum atomic E-state index is -0.0904. The van der Waals surface area contributed by atoms with Crippen LogP contribution in [-0.4, -0.2) is 67.7 Å². The number of carbonyl (C=O) groups is 2. The van der Waals surface area contributed by atoms with E-state index in [9.17, 15) is 9.59 Å². The average Bonchev–Trinajstić information content (AvgIpc) is 3.11. The summed E-state index contributed by atoms with van der Waals surface area (Å²) in [4.78, 5) is 45.2. The van der Waals surface area contributed by atoms with Gasteiger partial charge in [-0.3, -0.25) is 19.6 Å². The lowest BCUT2D eigenvalue weighted by Crippen LogP contribution is -2.48. The van der Waals surface area contributed by atoms with Crippen molar-refractivity contribution in [3.8, 4) is 0 Å². The molecule has 0 bridgehead atoms. The Kier molecular flexibility index (Phi) is 4.32. The van der Waals surface area contributed by atoms with Crippen molar-refractivity contribution in [3.05, 3.63) is 48.6 Å². The zero-order chi connectivity index (χ0) is 18.0. The van der Waals surface area contributed by atoms with Crippen molar-refractivity contribution in [3.63, 3.8) is 0 Å². The number of likely N-dealkylation sites (tertiary alicyclic amines) is 2. The van der Waals surface area contributed by atoms with Gasteiger partial charge in [0.15, 0.2) is 0 Å². The van der Waals surface area contributed by atoms with Gasteiger partial charge in [-0.1, -0.05) is 0 Å². The highest BCUT2D eigenvalue weighted by atomic mass is 16.2. The van der Waals surface area contributed by atoms with E-state index in [1.165, 1.54) is 24.8 Å². The van der Waals surface area contributed by atoms with E-state index < -0.39 is 0 Å². The predicted octanol–water partition coefficient (Wildman–Crippen LogP) is 1.04. The number of hydrogen-bond donors (Lipinski definition) is 0. The summed E-state index contributed by atoms with van der Waals surface area (Å²) in [6.07, 6.45) is 12.0. The molecule has 4 rings (SSSR count). The first kappa shape index (κ1) is 16.6. The molecule has 0 unspecified atom stereocenters. The number of piperidine rings is 1. The molecule has 0 aromatic carbocycles. The highest BCUT2D eigenvalue weighted by Crippen LogP contribution is 2.39. The summed E-state index contributed by atoms with van der Waals surface area (Å²) in [5.41, 5.74) is 0.691. The fraction of sp³-hybridized carbons (Fsp3) is 0.444. The standard InChI is InChI=1S/C18H20N6O2/c25-16(14-10-19-4-6-21-14)23-8-1-2-18(12-23)3-9-24(13-18)17(26)15-11-20-5-7-22-15/h4-7,10-11H,1-3,8-9,12-13H2/t18-/m1/s1. The van der Waals surface area contributed by atoms with E-state index in [-0.39, 0.29) is 17.2 Å². The van der Waals surface area contributed by atoms with E-state index in [2.05, 4.69) is 19.9 Å². The molecule has 2 aromatic heterocycles. The maximum Gasteiger partial charge on any atom is 0.274 e. The number of nitrogens with zero attached hydrogens (tertiary/aromatic N) is 6. The second-order valence-corrected chi connectivity index (χ2v) is 6.99. The van der Waals surface area contributed by atoms with Gasteiger partial charge in [-0.15, -0.1) is 0 Å². The minimum absolute atomic E-state index is 0.0476. The molecule has 26 heavy (non-hydrogen) atoms. The van der Waals surface area contributed by atoms with Crippen molar-refractivity contribution in [2.45, 2.75) is 19.3 Å². The van der Waals surface area contributed by atoms with E-state index in [0.717, 1.165) is 25.8 Å². The van der Waals surface area contributed by atoms with Crippen LogP contribution in [0, 0.1) is 5.41 Å². The van der Waals surface area contributed by atoms with E-state index >= 15 is 0 Å². The Hall–Kier alpha value is -2.90. The molecule has 2 fully saturated rings. The molecule has 2 saturated heterocycles. The summed E-state index contributed by atoms with van der Waals surface area (Å²) >= 11 is 0. The lowest BCUT2D eigenvalue weighted by atomic mass is 9.79. The quantitative estimate of drug-likeness (QED) is 0.802. The van der Waals surface area contributed by atoms with Crippen LogP contribution in [0.4, 0.5) is 0 Å². The minimum Gasteiger partial charge on any atom is -0.337 e. The van der Waals surface area contributed by atoms with E-state index in [0.29, 0.717) is 31.0 Å². The number of aromatic nitrogens is 4. The van der Waals surface area contributed by atoms with Gasteiger partial charge in [-0.25, -0.2) is 9.97 Å². The SMILES string of the molecule is O=C(c1cnccn1)N1CCC[C@@]2(CCN(C(=O)c3cnccn3)C2)C1. The first-order valence-corrected chi connectivity index (χ1v) is 8.78. The van der Waals surface area contributed by atoms with Crippen LogP contribution in [0.5, 0.6) is 0 Å². The molecule has 0 saturated carbocycles. The van der Waals surface area contributed by atoms with Gasteiger partial charge in [0.05, 0.1) is 12.4 Å². The van der Waals surface area contributed by atoms with Crippen LogP contribution >= 0.6 is 0 Å². The Labute approximate surface area is 151 Å². The third-order valence-electron chi connectivity index (χ3n) is 5.24. The predicted molar refractivity (Wildman–Crippen MR) is 92.2 cm³/mol. The lowest BCUT2D eigenvalue weighted by molar-refractivity contribution is 0.0510. The normalized spacial score (nSPS) is 22.6. The Morgan fingerprint density at radius 1 is 0.808 bits per heavy atom. The van der Waals surface area contributed by atoms with Gasteiger partial charge in [0, 0.05) is 56.4 Å². The first-order valence-electron chi connectivity index (χ1n) is 8.78. The molecule has 2 amide bonds. The number of amides is 2. The Balaban J connectivity index is 1.46. The monoisotopic (exact) mass is 352 g/mol. The first-order chi connectivity index (χ1) is 12.7. The summed E-state index contributed by atoms with van der Waals surface area (Å²) in [7, 11) is 0. The maximum absolute atomic E-state index is 12.7. The average molecular weight is 352 g/mol. The van der Waals surface area contributed by atoms with Crippen LogP contribution in [0.15, 0.2) is 37.2 Å². The topological polar surface area (TPSA) is 92.2 Å². The van der Waals surface area contributed by atoms with Gasteiger partial charge in [0.25, 0.3) is 11.8 Å². The molecular formula is C18H20N6O2. The zero-order valence-corrected chi connectivity index (χ0v) is 14.4. The summed E-state index contributed by atoms with van der Waals surface area (Å²) < 4.78 is 0. The molecule has 4 heterocycles. The van der Waals surface area contributed by atoms with Gasteiger partial charge in [-0.2, -0.15) is 0 Å². The van der Waals surface area contributed by atoms with Crippen LogP contribution in [0.1, 0.15) is 40.2 Å². The van der Waals surface area contributed by atoms with Crippen molar-refractivity contribution in [2.24, 2.45) is 5.41 Å². The van der Waals surface area contributed by atoms with Crippen LogP contribution < -0.4 is 0 Å². The lowest BCUT2D eigenvalue weighted by Gasteiger charge is -2.40. The van der Waals surface area contributed by atoms with Crippen LogP contribution in [0.3, 0.4) is 0 Å². The Morgan fingerprint density at radius 2 is 1.38 bits per heavy atom. The van der Waals surface area contributed by atoms with Crippen molar-refractivity contribution in [1.82, 2.24) is 29.7 Å². The summed E-state index contributed by atoms with van der Waals surface area (Å²) in [5, 5.41) is 0. The largest absolute Gasteiger partial charge is 0.337 e. The van der Waals surface area contributed by atoms with Crippen LogP contribution in [-0.2, 0) is 0 Å². The van der Waals surface area contributed by atoms with Crippen molar-refractivity contribution >= 4 is 11.8 Å². The van der Waals surface area contributed by atoms with E-state index in [4.69, 9.17) is 0 Å². The molecule has 134 valence electrons. The van der Waals surface area contributed by atoms with Crippen molar-refractivity contribution in [1.29, 1.82) is 0 Å². The van der Waals surface area contributed by atoms with Gasteiger partial charge in [-0.05, 0) is 19.3 Å². The smallest absolute Gasteiger partial charge is 0.274 e. The van der Waals surface area contributed by atoms with Crippen LogP contribution in [0.2, 0.25) is 0 Å². The molecule has 2 aliphatic heterocycles. The van der Waals surface area contributed by atoms with Gasteiger partial charge < -0.3 is 9.80 Å². The zero-order valence-electron chi connectivity index (χ0n) is 14.4. The molecule has 8 nitrogen and oxygen atoms in total. The van der Waals surface area contributed by atoms with Crippen LogP contribution in [0.25, 0.3) is 0 Å². The molecule has 8 heteroatoms. The van der Waals surface area contributed by atoms with Gasteiger partial charge in [0.2, 0.25) is 0 Å².